The van der Waals surface area contributed by atoms with Crippen LogP contribution in [-0.4, -0.2) is 22.6 Å². The molecular formula is C17H14LiN. The van der Waals surface area contributed by atoms with Gasteiger partial charge in [-0.2, -0.15) is 0 Å². The van der Waals surface area contributed by atoms with E-state index in [1.54, 1.807) is 0 Å². The van der Waals surface area contributed by atoms with Crippen LogP contribution in [0.15, 0.2) is 54.6 Å². The predicted molar refractivity (Wildman–Crippen MR) is 78.6 cm³/mol. The van der Waals surface area contributed by atoms with Gasteiger partial charge in [0.1, 0.15) is 0 Å². The van der Waals surface area contributed by atoms with Gasteiger partial charge in [0.05, 0.1) is 0 Å². The van der Waals surface area contributed by atoms with Gasteiger partial charge >= 0.3 is 123 Å². The van der Waals surface area contributed by atoms with E-state index in [0.717, 1.165) is 13.0 Å². The Bertz CT molecular complexity index is 674. The Kier molecular flexibility index (Phi) is 2.58. The first kappa shape index (κ1) is 11.4. The molecule has 0 bridgehead atoms. The Hall–Kier alpha value is -1.42. The fourth-order valence-electron chi connectivity index (χ4n) is 3.40. The number of hydrogen-bond donors (Lipinski definition) is 0. The van der Waals surface area contributed by atoms with Gasteiger partial charge < -0.3 is 0 Å². The van der Waals surface area contributed by atoms with E-state index in [1.165, 1.54) is 28.0 Å². The normalized spacial score (nSPS) is 20.2. The summed E-state index contributed by atoms with van der Waals surface area (Å²) in [5, 5.41) is 0. The second-order valence-electron chi connectivity index (χ2n) is 5.45. The number of hydrogen-bond acceptors (Lipinski definition) is 1. The van der Waals surface area contributed by atoms with Gasteiger partial charge in [-0.15, -0.1) is 0 Å². The molecule has 1 unspecified atom stereocenters. The van der Waals surface area contributed by atoms with E-state index in [9.17, 15) is 0 Å². The number of benzene rings is 2. The molecule has 0 saturated carbocycles. The van der Waals surface area contributed by atoms with Crippen LogP contribution in [0.25, 0.3) is 5.70 Å². The molecule has 0 amide bonds. The number of fused-ring (bicyclic) bond motifs is 2. The third-order valence-electron chi connectivity index (χ3n) is 4.43. The van der Waals surface area contributed by atoms with Gasteiger partial charge in [0.15, 0.2) is 0 Å². The molecular weight excluding hydrogens is 225 g/mol. The molecule has 2 aromatic rings. The van der Waals surface area contributed by atoms with Gasteiger partial charge in [-0.25, -0.2) is 0 Å². The summed E-state index contributed by atoms with van der Waals surface area (Å²) in [5.41, 5.74) is 7.25. The minimum atomic E-state index is 0.480. The Morgan fingerprint density at radius 3 is 2.53 bits per heavy atom. The van der Waals surface area contributed by atoms with Crippen LogP contribution in [0.3, 0.4) is 0 Å². The second kappa shape index (κ2) is 4.30. The van der Waals surface area contributed by atoms with Crippen LogP contribution < -0.4 is 0 Å². The molecule has 1 heterocycles. The summed E-state index contributed by atoms with van der Waals surface area (Å²) in [6, 6.07) is 17.6. The Morgan fingerprint density at radius 2 is 1.68 bits per heavy atom. The van der Waals surface area contributed by atoms with E-state index < -0.39 is 0 Å². The van der Waals surface area contributed by atoms with E-state index in [2.05, 4.69) is 77.2 Å². The molecule has 0 spiro atoms. The number of nitrogens with zero attached hydrogens (tertiary/aromatic N) is 1. The first-order chi connectivity index (χ1) is 9.34. The Labute approximate surface area is 123 Å². The summed E-state index contributed by atoms with van der Waals surface area (Å²) in [7, 11) is 0. The zero-order valence-electron chi connectivity index (χ0n) is 11.1. The standard InChI is InChI=1S/C17H14N.Li/c1-2-7-15-12-18(11-14(15)6-1)17-10-9-13-5-3-4-8-16(13)17;/h1-8,10-11H,9,12H2;. The molecule has 0 saturated heterocycles. The van der Waals surface area contributed by atoms with Crippen molar-refractivity contribution in [3.63, 3.8) is 0 Å². The van der Waals surface area contributed by atoms with Gasteiger partial charge in [0, 0.05) is 0 Å². The van der Waals surface area contributed by atoms with Crippen molar-refractivity contribution in [2.75, 3.05) is 0 Å². The fraction of sp³-hybridized carbons (Fsp3) is 0.176. The third kappa shape index (κ3) is 1.70. The van der Waals surface area contributed by atoms with Crippen LogP contribution in [-0.2, 0) is 13.0 Å². The molecule has 2 heteroatoms. The monoisotopic (exact) mass is 239 g/mol. The molecule has 1 aliphatic heterocycles. The van der Waals surface area contributed by atoms with Crippen molar-refractivity contribution in [2.24, 2.45) is 0 Å². The average Bonchev–Trinajstić information content (AvgIpc) is 3.01. The molecule has 4 rings (SSSR count). The first-order valence-corrected chi connectivity index (χ1v) is 6.97. The summed E-state index contributed by atoms with van der Waals surface area (Å²) in [6.07, 6.45) is 3.46. The minimum absolute atomic E-state index is 0.480. The zero-order valence-corrected chi connectivity index (χ0v) is 11.1. The van der Waals surface area contributed by atoms with Crippen molar-refractivity contribution < 1.29 is 0 Å². The molecule has 0 fully saturated rings. The van der Waals surface area contributed by atoms with Crippen molar-refractivity contribution in [3.05, 3.63) is 76.9 Å². The van der Waals surface area contributed by atoms with Crippen LogP contribution in [0.4, 0.5) is 0 Å². The van der Waals surface area contributed by atoms with Crippen molar-refractivity contribution in [1.82, 2.24) is 4.90 Å². The van der Waals surface area contributed by atoms with Crippen LogP contribution in [0.2, 0.25) is 0 Å². The van der Waals surface area contributed by atoms with Crippen LogP contribution in [0.5, 0.6) is 0 Å². The van der Waals surface area contributed by atoms with E-state index in [0.29, 0.717) is 4.71 Å². The first-order valence-electron chi connectivity index (χ1n) is 6.97. The van der Waals surface area contributed by atoms with Crippen molar-refractivity contribution in [2.45, 2.75) is 17.7 Å². The van der Waals surface area contributed by atoms with Gasteiger partial charge in [-0.1, -0.05) is 0 Å². The van der Waals surface area contributed by atoms with Crippen molar-refractivity contribution in [1.29, 1.82) is 0 Å². The van der Waals surface area contributed by atoms with Crippen molar-refractivity contribution in [3.8, 4) is 0 Å². The molecule has 1 nitrogen and oxygen atoms in total. The van der Waals surface area contributed by atoms with Gasteiger partial charge in [0.2, 0.25) is 0 Å². The summed E-state index contributed by atoms with van der Waals surface area (Å²) in [4.78, 5) is 2.54. The van der Waals surface area contributed by atoms with Crippen molar-refractivity contribution >= 4 is 23.4 Å². The fourth-order valence-corrected chi connectivity index (χ4v) is 3.40. The maximum atomic E-state index is 2.54. The van der Waals surface area contributed by atoms with Crippen LogP contribution in [0, 0.1) is 0 Å². The maximum absolute atomic E-state index is 2.54. The molecule has 0 radical (unpaired) electrons. The molecule has 2 aromatic carbocycles. The van der Waals surface area contributed by atoms with Gasteiger partial charge in [-0.05, 0) is 0 Å². The summed E-state index contributed by atoms with van der Waals surface area (Å²) in [5.74, 6) is 0. The predicted octanol–water partition coefficient (Wildman–Crippen LogP) is 3.27. The second-order valence-corrected chi connectivity index (χ2v) is 5.45. The zero-order chi connectivity index (χ0) is 12.8. The summed E-state index contributed by atoms with van der Waals surface area (Å²) in [6.45, 7) is 1.04. The van der Waals surface area contributed by atoms with Crippen LogP contribution >= 0.6 is 0 Å². The van der Waals surface area contributed by atoms with Gasteiger partial charge in [0.25, 0.3) is 0 Å². The topological polar surface area (TPSA) is 3.24 Å². The molecule has 0 aromatic heterocycles. The molecule has 1 atom stereocenters. The average molecular weight is 239 g/mol. The van der Waals surface area contributed by atoms with E-state index in [1.807, 2.05) is 0 Å². The van der Waals surface area contributed by atoms with E-state index in [-0.39, 0.29) is 0 Å². The van der Waals surface area contributed by atoms with Crippen LogP contribution in [0.1, 0.15) is 27.0 Å². The SMILES string of the molecule is [Li][CH]1c2ccccc2CN1C1=CCc2ccccc21. The Balaban J connectivity index is 1.74. The Morgan fingerprint density at radius 1 is 0.947 bits per heavy atom. The molecule has 0 N–H and O–H groups in total. The number of rotatable bonds is 1. The van der Waals surface area contributed by atoms with E-state index >= 15 is 0 Å². The number of allylic oxidation sites excluding steroid dienone is 1. The summed E-state index contributed by atoms with van der Waals surface area (Å²) >= 11 is 2.31. The molecule has 2 aliphatic rings. The molecule has 19 heavy (non-hydrogen) atoms. The van der Waals surface area contributed by atoms with Gasteiger partial charge in [-0.3, -0.25) is 0 Å². The van der Waals surface area contributed by atoms with E-state index in [4.69, 9.17) is 0 Å². The third-order valence-corrected chi connectivity index (χ3v) is 4.43. The summed E-state index contributed by atoms with van der Waals surface area (Å²) < 4.78 is 0.480. The molecule has 88 valence electrons. The molecule has 1 aliphatic carbocycles. The quantitative estimate of drug-likeness (QED) is 0.690.